The van der Waals surface area contributed by atoms with Crippen molar-refractivity contribution in [1.82, 2.24) is 20.1 Å². The Balaban J connectivity index is 1.56. The third-order valence-electron chi connectivity index (χ3n) is 4.71. The molecule has 2 amide bonds. The maximum Gasteiger partial charge on any atom is 0.257 e. The van der Waals surface area contributed by atoms with E-state index in [1.807, 2.05) is 6.92 Å². The largest absolute Gasteiger partial charge is 0.497 e. The molecule has 144 valence electrons. The minimum absolute atomic E-state index is 0.118. The summed E-state index contributed by atoms with van der Waals surface area (Å²) in [5.41, 5.74) is 0.412. The molecule has 0 unspecified atom stereocenters. The van der Waals surface area contributed by atoms with Crippen molar-refractivity contribution in [2.45, 2.75) is 50.2 Å². The molecule has 1 heterocycles. The summed E-state index contributed by atoms with van der Waals surface area (Å²) in [4.78, 5) is 24.4. The second-order valence-electron chi connectivity index (χ2n) is 6.59. The molecule has 1 aromatic heterocycles. The molecule has 8 heteroatoms. The highest BCUT2D eigenvalue weighted by Gasteiger charge is 2.22. The monoisotopic (exact) mass is 388 g/mol. The van der Waals surface area contributed by atoms with Gasteiger partial charge in [-0.1, -0.05) is 31.0 Å². The Morgan fingerprint density at radius 1 is 1.19 bits per heavy atom. The van der Waals surface area contributed by atoms with E-state index in [1.165, 1.54) is 31.0 Å². The van der Waals surface area contributed by atoms with Crippen LogP contribution in [0.1, 0.15) is 54.3 Å². The second kappa shape index (κ2) is 9.03. The van der Waals surface area contributed by atoms with Crippen LogP contribution in [0.3, 0.4) is 0 Å². The van der Waals surface area contributed by atoms with Crippen LogP contribution in [0.5, 0.6) is 5.75 Å². The number of thioether (sulfide) groups is 1. The number of nitrogens with one attached hydrogen (secondary N) is 1. The molecular formula is C19H24N4O3S. The van der Waals surface area contributed by atoms with Crippen LogP contribution in [-0.2, 0) is 4.79 Å². The van der Waals surface area contributed by atoms with Crippen LogP contribution in [0, 0.1) is 6.92 Å². The van der Waals surface area contributed by atoms with Crippen molar-refractivity contribution < 1.29 is 14.3 Å². The first-order valence-electron chi connectivity index (χ1n) is 9.11. The van der Waals surface area contributed by atoms with E-state index in [9.17, 15) is 9.59 Å². The summed E-state index contributed by atoms with van der Waals surface area (Å²) in [6, 6.07) is 7.02. The van der Waals surface area contributed by atoms with Crippen LogP contribution < -0.4 is 10.1 Å². The summed E-state index contributed by atoms with van der Waals surface area (Å²) in [6.45, 7) is 1.94. The molecule has 1 aromatic carbocycles. The molecule has 0 atom stereocenters. The summed E-state index contributed by atoms with van der Waals surface area (Å²) in [6.07, 6.45) is 5.94. The zero-order valence-corrected chi connectivity index (χ0v) is 16.4. The summed E-state index contributed by atoms with van der Waals surface area (Å²) in [5.74, 6) is 0.877. The number of carbonyl (C=O) groups excluding carboxylic acids is 2. The van der Waals surface area contributed by atoms with E-state index < -0.39 is 5.91 Å². The molecule has 1 fully saturated rings. The standard InChI is InChI=1S/C19H24N4O3S/c1-13-21-22-19(23(13)15-6-4-3-5-7-15)27-12-17(24)20-18(25)14-8-10-16(26-2)11-9-14/h8-11,15H,3-7,12H2,1-2H3,(H,20,24,25). The Morgan fingerprint density at radius 3 is 2.56 bits per heavy atom. The van der Waals surface area contributed by atoms with E-state index in [0.29, 0.717) is 17.4 Å². The lowest BCUT2D eigenvalue weighted by atomic mass is 9.95. The normalized spacial score (nSPS) is 14.7. The van der Waals surface area contributed by atoms with Gasteiger partial charge in [0.15, 0.2) is 5.16 Å². The number of carbonyl (C=O) groups is 2. The molecule has 1 N–H and O–H groups in total. The number of nitrogens with zero attached hydrogens (tertiary/aromatic N) is 3. The lowest BCUT2D eigenvalue weighted by molar-refractivity contribution is -0.117. The number of rotatable bonds is 6. The maximum atomic E-state index is 12.2. The first kappa shape index (κ1) is 19.4. The van der Waals surface area contributed by atoms with Gasteiger partial charge in [-0.15, -0.1) is 10.2 Å². The first-order valence-corrected chi connectivity index (χ1v) is 10.1. The highest BCUT2D eigenvalue weighted by atomic mass is 32.2. The fraction of sp³-hybridized carbons (Fsp3) is 0.474. The number of methoxy groups -OCH3 is 1. The molecule has 0 radical (unpaired) electrons. The van der Waals surface area contributed by atoms with E-state index in [-0.39, 0.29) is 11.7 Å². The molecule has 1 aliphatic rings. The van der Waals surface area contributed by atoms with E-state index in [2.05, 4.69) is 20.1 Å². The van der Waals surface area contributed by atoms with Gasteiger partial charge in [0.1, 0.15) is 11.6 Å². The van der Waals surface area contributed by atoms with Crippen LogP contribution in [0.25, 0.3) is 0 Å². The smallest absolute Gasteiger partial charge is 0.257 e. The van der Waals surface area contributed by atoms with Gasteiger partial charge in [-0.2, -0.15) is 0 Å². The van der Waals surface area contributed by atoms with Crippen LogP contribution in [-0.4, -0.2) is 39.4 Å². The maximum absolute atomic E-state index is 12.2. The fourth-order valence-corrected chi connectivity index (χ4v) is 4.17. The van der Waals surface area contributed by atoms with Crippen molar-refractivity contribution in [1.29, 1.82) is 0 Å². The molecule has 27 heavy (non-hydrogen) atoms. The Hall–Kier alpha value is -2.35. The van der Waals surface area contributed by atoms with Gasteiger partial charge in [0.25, 0.3) is 5.91 Å². The molecule has 0 saturated heterocycles. The SMILES string of the molecule is COc1ccc(C(=O)NC(=O)CSc2nnc(C)n2C2CCCCC2)cc1. The van der Waals surface area contributed by atoms with Crippen LogP contribution in [0.4, 0.5) is 0 Å². The third-order valence-corrected chi connectivity index (χ3v) is 5.66. The molecule has 2 aromatic rings. The van der Waals surface area contributed by atoms with Gasteiger partial charge in [0.2, 0.25) is 5.91 Å². The van der Waals surface area contributed by atoms with Crippen molar-refractivity contribution in [3.8, 4) is 5.75 Å². The quantitative estimate of drug-likeness (QED) is 0.765. The van der Waals surface area contributed by atoms with Crippen molar-refractivity contribution in [2.24, 2.45) is 0 Å². The van der Waals surface area contributed by atoms with Crippen LogP contribution >= 0.6 is 11.8 Å². The number of imide groups is 1. The molecule has 1 aliphatic carbocycles. The van der Waals surface area contributed by atoms with Gasteiger partial charge in [0.05, 0.1) is 12.9 Å². The first-order chi connectivity index (χ1) is 13.1. The summed E-state index contributed by atoms with van der Waals surface area (Å²) in [7, 11) is 1.56. The lowest BCUT2D eigenvalue weighted by Crippen LogP contribution is -2.32. The third kappa shape index (κ3) is 4.88. The molecule has 3 rings (SSSR count). The zero-order chi connectivity index (χ0) is 19.2. The molecule has 1 saturated carbocycles. The number of aryl methyl sites for hydroxylation is 1. The Bertz CT molecular complexity index is 798. The Labute approximate surface area is 162 Å². The van der Waals surface area contributed by atoms with Gasteiger partial charge < -0.3 is 9.30 Å². The highest BCUT2D eigenvalue weighted by molar-refractivity contribution is 7.99. The summed E-state index contributed by atoms with van der Waals surface area (Å²) >= 11 is 1.32. The molecule has 0 spiro atoms. The topological polar surface area (TPSA) is 86.1 Å². The van der Waals surface area contributed by atoms with Crippen molar-refractivity contribution >= 4 is 23.6 Å². The summed E-state index contributed by atoms with van der Waals surface area (Å²) < 4.78 is 7.20. The average Bonchev–Trinajstić information content (AvgIpc) is 3.07. The predicted molar refractivity (Wildman–Crippen MR) is 103 cm³/mol. The van der Waals surface area contributed by atoms with Crippen molar-refractivity contribution in [3.05, 3.63) is 35.7 Å². The van der Waals surface area contributed by atoms with Crippen LogP contribution in [0.2, 0.25) is 0 Å². The summed E-state index contributed by atoms with van der Waals surface area (Å²) in [5, 5.41) is 11.5. The van der Waals surface area contributed by atoms with E-state index in [0.717, 1.165) is 23.8 Å². The van der Waals surface area contributed by atoms with E-state index in [4.69, 9.17) is 4.74 Å². The predicted octanol–water partition coefficient (Wildman–Crippen LogP) is 3.15. The molecule has 0 aliphatic heterocycles. The van der Waals surface area contributed by atoms with Gasteiger partial charge >= 0.3 is 0 Å². The average molecular weight is 388 g/mol. The number of hydrogen-bond donors (Lipinski definition) is 1. The number of aromatic nitrogens is 3. The van der Waals surface area contributed by atoms with E-state index in [1.54, 1.807) is 31.4 Å². The second-order valence-corrected chi connectivity index (χ2v) is 7.53. The van der Waals surface area contributed by atoms with Gasteiger partial charge in [0, 0.05) is 11.6 Å². The van der Waals surface area contributed by atoms with E-state index >= 15 is 0 Å². The zero-order valence-electron chi connectivity index (χ0n) is 15.6. The number of benzene rings is 1. The minimum Gasteiger partial charge on any atom is -0.497 e. The Kier molecular flexibility index (Phi) is 6.49. The number of hydrogen-bond acceptors (Lipinski definition) is 6. The highest BCUT2D eigenvalue weighted by Crippen LogP contribution is 2.32. The minimum atomic E-state index is -0.423. The molecular weight excluding hydrogens is 364 g/mol. The van der Waals surface area contributed by atoms with Gasteiger partial charge in [-0.05, 0) is 44.0 Å². The van der Waals surface area contributed by atoms with Gasteiger partial charge in [-0.25, -0.2) is 0 Å². The fourth-order valence-electron chi connectivity index (χ4n) is 3.32. The van der Waals surface area contributed by atoms with Crippen LogP contribution in [0.15, 0.2) is 29.4 Å². The number of amides is 2. The Morgan fingerprint density at radius 2 is 1.89 bits per heavy atom. The van der Waals surface area contributed by atoms with Gasteiger partial charge in [-0.3, -0.25) is 14.9 Å². The lowest BCUT2D eigenvalue weighted by Gasteiger charge is -2.24. The number of ether oxygens (including phenoxy) is 1. The molecule has 0 bridgehead atoms. The van der Waals surface area contributed by atoms with Crippen molar-refractivity contribution in [2.75, 3.05) is 12.9 Å². The molecule has 7 nitrogen and oxygen atoms in total. The van der Waals surface area contributed by atoms with Crippen molar-refractivity contribution in [3.63, 3.8) is 0 Å².